The van der Waals surface area contributed by atoms with E-state index in [-0.39, 0.29) is 23.3 Å². The van der Waals surface area contributed by atoms with Crippen molar-refractivity contribution in [1.82, 2.24) is 20.3 Å². The summed E-state index contributed by atoms with van der Waals surface area (Å²) in [6.07, 6.45) is -4.43. The minimum atomic E-state index is -4.45. The van der Waals surface area contributed by atoms with Gasteiger partial charge in [0, 0.05) is 6.04 Å². The average Bonchev–Trinajstić information content (AvgIpc) is 2.93. The molecule has 0 aliphatic carbocycles. The lowest BCUT2D eigenvalue weighted by Crippen LogP contribution is -2.35. The van der Waals surface area contributed by atoms with Crippen LogP contribution < -0.4 is 11.0 Å². The number of fused-ring (bicyclic) bond motifs is 1. The van der Waals surface area contributed by atoms with Gasteiger partial charge >= 0.3 is 11.9 Å². The van der Waals surface area contributed by atoms with E-state index in [1.54, 1.807) is 6.92 Å². The number of aromatic nitrogens is 3. The molecular formula is C17H15F3N4O2. The van der Waals surface area contributed by atoms with Crippen molar-refractivity contribution in [3.05, 3.63) is 63.7 Å². The Morgan fingerprint density at radius 3 is 2.65 bits per heavy atom. The van der Waals surface area contributed by atoms with Crippen LogP contribution in [0.2, 0.25) is 0 Å². The summed E-state index contributed by atoms with van der Waals surface area (Å²) in [5.41, 5.74) is -0.306. The van der Waals surface area contributed by atoms with Gasteiger partial charge in [0.05, 0.1) is 11.1 Å². The summed E-state index contributed by atoms with van der Waals surface area (Å²) in [6, 6.07) is 7.66. The van der Waals surface area contributed by atoms with Gasteiger partial charge in [-0.3, -0.25) is 9.78 Å². The van der Waals surface area contributed by atoms with E-state index in [0.717, 1.165) is 6.07 Å². The fourth-order valence-electron chi connectivity index (χ4n) is 2.70. The number of imidazole rings is 1. The molecule has 0 spiro atoms. The fraction of sp³-hybridized carbons (Fsp3) is 0.235. The van der Waals surface area contributed by atoms with E-state index in [1.807, 2.05) is 0 Å². The summed E-state index contributed by atoms with van der Waals surface area (Å²) >= 11 is 0. The van der Waals surface area contributed by atoms with Crippen LogP contribution in [-0.4, -0.2) is 26.9 Å². The molecule has 1 atom stereocenters. The Labute approximate surface area is 145 Å². The molecule has 1 aromatic carbocycles. The number of H-pyrrole nitrogens is 2. The number of hydrogen-bond donors (Lipinski definition) is 3. The summed E-state index contributed by atoms with van der Waals surface area (Å²) in [4.78, 5) is 32.5. The van der Waals surface area contributed by atoms with Crippen molar-refractivity contribution in [2.24, 2.45) is 0 Å². The molecule has 0 bridgehead atoms. The summed E-state index contributed by atoms with van der Waals surface area (Å²) < 4.78 is 39.1. The summed E-state index contributed by atoms with van der Waals surface area (Å²) in [5, 5.41) is 2.62. The molecule has 6 nitrogen and oxygen atoms in total. The van der Waals surface area contributed by atoms with Crippen LogP contribution in [-0.2, 0) is 12.6 Å². The van der Waals surface area contributed by atoms with Gasteiger partial charge in [0.15, 0.2) is 5.65 Å². The lowest BCUT2D eigenvalue weighted by molar-refractivity contribution is -0.138. The Balaban J connectivity index is 1.74. The highest BCUT2D eigenvalue weighted by atomic mass is 19.4. The molecule has 3 rings (SSSR count). The second kappa shape index (κ2) is 6.66. The highest BCUT2D eigenvalue weighted by Gasteiger charge is 2.33. The zero-order valence-corrected chi connectivity index (χ0v) is 13.6. The lowest BCUT2D eigenvalue weighted by Gasteiger charge is -2.17. The number of nitrogens with one attached hydrogen (secondary N) is 3. The standard InChI is InChI=1S/C17H15F3N4O2/c1-9(8-10-4-2-3-5-11(10)17(18,19)20)21-15(25)13-7-6-12-14(22-13)24-16(26)23-12/h2-7,9H,8H2,1H3,(H,21,25)(H2,22,23,24,26)/t9-/m0/s1. The number of nitrogens with zero attached hydrogens (tertiary/aromatic N) is 1. The summed E-state index contributed by atoms with van der Waals surface area (Å²) in [5.74, 6) is -0.536. The van der Waals surface area contributed by atoms with Gasteiger partial charge in [0.25, 0.3) is 5.91 Å². The number of benzene rings is 1. The number of aromatic amines is 2. The van der Waals surface area contributed by atoms with Crippen molar-refractivity contribution >= 4 is 17.1 Å². The number of hydrogen-bond acceptors (Lipinski definition) is 3. The maximum absolute atomic E-state index is 13.0. The van der Waals surface area contributed by atoms with Crippen LogP contribution in [0.15, 0.2) is 41.2 Å². The average molecular weight is 364 g/mol. The quantitative estimate of drug-likeness (QED) is 0.665. The predicted octanol–water partition coefficient (Wildman–Crippen LogP) is 2.63. The fourth-order valence-corrected chi connectivity index (χ4v) is 2.70. The van der Waals surface area contributed by atoms with E-state index >= 15 is 0 Å². The number of halogens is 3. The number of pyridine rings is 1. The third kappa shape index (κ3) is 3.76. The van der Waals surface area contributed by atoms with Gasteiger partial charge < -0.3 is 10.3 Å². The van der Waals surface area contributed by atoms with Gasteiger partial charge in [-0.15, -0.1) is 0 Å². The molecule has 26 heavy (non-hydrogen) atoms. The first-order chi connectivity index (χ1) is 12.2. The smallest absolute Gasteiger partial charge is 0.348 e. The number of carbonyl (C=O) groups excluding carboxylic acids is 1. The minimum absolute atomic E-state index is 0.0185. The normalized spacial score (nSPS) is 12.9. The second-order valence-electron chi connectivity index (χ2n) is 5.91. The molecule has 0 saturated carbocycles. The van der Waals surface area contributed by atoms with Crippen LogP contribution in [0.4, 0.5) is 13.2 Å². The molecule has 9 heteroatoms. The molecule has 136 valence electrons. The molecule has 0 fully saturated rings. The minimum Gasteiger partial charge on any atom is -0.348 e. The molecule has 0 aliphatic rings. The Kier molecular flexibility index (Phi) is 4.54. The Hall–Kier alpha value is -3.10. The maximum atomic E-state index is 13.0. The maximum Gasteiger partial charge on any atom is 0.416 e. The Bertz CT molecular complexity index is 1010. The van der Waals surface area contributed by atoms with Crippen LogP contribution in [0, 0.1) is 0 Å². The lowest BCUT2D eigenvalue weighted by atomic mass is 10.0. The summed E-state index contributed by atoms with van der Waals surface area (Å²) in [7, 11) is 0. The zero-order chi connectivity index (χ0) is 18.9. The Morgan fingerprint density at radius 1 is 1.19 bits per heavy atom. The van der Waals surface area contributed by atoms with Crippen molar-refractivity contribution in [1.29, 1.82) is 0 Å². The van der Waals surface area contributed by atoms with Crippen molar-refractivity contribution in [2.45, 2.75) is 25.6 Å². The molecule has 0 unspecified atom stereocenters. The SMILES string of the molecule is C[C@@H](Cc1ccccc1C(F)(F)F)NC(=O)c1ccc2[nH]c(=O)[nH]c2n1. The molecule has 1 amide bonds. The number of alkyl halides is 3. The molecule has 0 radical (unpaired) electrons. The van der Waals surface area contributed by atoms with Gasteiger partial charge in [-0.1, -0.05) is 18.2 Å². The highest BCUT2D eigenvalue weighted by molar-refractivity contribution is 5.94. The van der Waals surface area contributed by atoms with Gasteiger partial charge in [0.1, 0.15) is 5.69 Å². The molecule has 3 aromatic rings. The van der Waals surface area contributed by atoms with E-state index < -0.39 is 29.4 Å². The number of rotatable bonds is 4. The first-order valence-electron chi connectivity index (χ1n) is 7.79. The third-order valence-corrected chi connectivity index (χ3v) is 3.83. The van der Waals surface area contributed by atoms with E-state index in [4.69, 9.17) is 0 Å². The van der Waals surface area contributed by atoms with Gasteiger partial charge in [-0.25, -0.2) is 9.78 Å². The van der Waals surface area contributed by atoms with Crippen LogP contribution >= 0.6 is 0 Å². The third-order valence-electron chi connectivity index (χ3n) is 3.83. The summed E-state index contributed by atoms with van der Waals surface area (Å²) in [6.45, 7) is 1.61. The van der Waals surface area contributed by atoms with Crippen LogP contribution in [0.5, 0.6) is 0 Å². The van der Waals surface area contributed by atoms with Crippen LogP contribution in [0.1, 0.15) is 28.5 Å². The van der Waals surface area contributed by atoms with E-state index in [1.165, 1.54) is 30.3 Å². The van der Waals surface area contributed by atoms with Crippen molar-refractivity contribution in [3.63, 3.8) is 0 Å². The van der Waals surface area contributed by atoms with Crippen molar-refractivity contribution in [2.75, 3.05) is 0 Å². The zero-order valence-electron chi connectivity index (χ0n) is 13.6. The van der Waals surface area contributed by atoms with E-state index in [0.29, 0.717) is 5.52 Å². The Morgan fingerprint density at radius 2 is 1.92 bits per heavy atom. The van der Waals surface area contributed by atoms with Crippen molar-refractivity contribution in [3.8, 4) is 0 Å². The topological polar surface area (TPSA) is 90.6 Å². The molecule has 2 aromatic heterocycles. The first-order valence-corrected chi connectivity index (χ1v) is 7.79. The second-order valence-corrected chi connectivity index (χ2v) is 5.91. The molecule has 2 heterocycles. The van der Waals surface area contributed by atoms with Crippen LogP contribution in [0.25, 0.3) is 11.2 Å². The monoisotopic (exact) mass is 364 g/mol. The van der Waals surface area contributed by atoms with Crippen molar-refractivity contribution < 1.29 is 18.0 Å². The first kappa shape index (κ1) is 17.7. The number of amides is 1. The largest absolute Gasteiger partial charge is 0.416 e. The van der Waals surface area contributed by atoms with Gasteiger partial charge in [-0.2, -0.15) is 13.2 Å². The van der Waals surface area contributed by atoms with E-state index in [2.05, 4.69) is 20.3 Å². The van der Waals surface area contributed by atoms with Gasteiger partial charge in [0.2, 0.25) is 0 Å². The predicted molar refractivity (Wildman–Crippen MR) is 88.8 cm³/mol. The van der Waals surface area contributed by atoms with Gasteiger partial charge in [-0.05, 0) is 37.1 Å². The molecule has 0 aliphatic heterocycles. The highest BCUT2D eigenvalue weighted by Crippen LogP contribution is 2.32. The molecule has 3 N–H and O–H groups in total. The van der Waals surface area contributed by atoms with E-state index in [9.17, 15) is 22.8 Å². The number of carbonyl (C=O) groups is 1. The van der Waals surface area contributed by atoms with Crippen LogP contribution in [0.3, 0.4) is 0 Å². The molecular weight excluding hydrogens is 349 g/mol. The molecule has 0 saturated heterocycles.